The predicted molar refractivity (Wildman–Crippen MR) is 88.3 cm³/mol. The molecule has 1 aliphatic carbocycles. The maximum absolute atomic E-state index is 12.2. The van der Waals surface area contributed by atoms with Crippen LogP contribution in [0.4, 0.5) is 0 Å². The van der Waals surface area contributed by atoms with Crippen LogP contribution in [-0.4, -0.2) is 75.8 Å². The SMILES string of the molecule is CC1CCC(NC(=O)CN2CCN(C(=O)c3cn[nH]n3)CC2)CC1. The largest absolute Gasteiger partial charge is 0.352 e. The average Bonchev–Trinajstić information content (AvgIpc) is 3.11. The minimum absolute atomic E-state index is 0.103. The number of aromatic nitrogens is 3. The molecule has 8 heteroatoms. The molecule has 3 rings (SSSR count). The normalized spacial score (nSPS) is 25.5. The second-order valence-electron chi connectivity index (χ2n) is 6.95. The second-order valence-corrected chi connectivity index (χ2v) is 6.95. The third-order valence-corrected chi connectivity index (χ3v) is 5.04. The van der Waals surface area contributed by atoms with E-state index in [0.717, 1.165) is 18.8 Å². The van der Waals surface area contributed by atoms with Crippen LogP contribution in [0.3, 0.4) is 0 Å². The summed E-state index contributed by atoms with van der Waals surface area (Å²) in [6, 6.07) is 0.337. The Balaban J connectivity index is 1.39. The van der Waals surface area contributed by atoms with E-state index >= 15 is 0 Å². The Morgan fingerprint density at radius 1 is 1.21 bits per heavy atom. The Morgan fingerprint density at radius 3 is 2.54 bits per heavy atom. The summed E-state index contributed by atoms with van der Waals surface area (Å²) in [7, 11) is 0. The van der Waals surface area contributed by atoms with E-state index in [4.69, 9.17) is 0 Å². The number of nitrogens with zero attached hydrogens (tertiary/aromatic N) is 4. The van der Waals surface area contributed by atoms with Gasteiger partial charge in [0.2, 0.25) is 5.91 Å². The number of rotatable bonds is 4. The summed E-state index contributed by atoms with van der Waals surface area (Å²) in [5, 5.41) is 13.1. The summed E-state index contributed by atoms with van der Waals surface area (Å²) in [6.07, 6.45) is 6.02. The van der Waals surface area contributed by atoms with Crippen molar-refractivity contribution >= 4 is 11.8 Å². The Kier molecular flexibility index (Phi) is 5.44. The summed E-state index contributed by atoms with van der Waals surface area (Å²) in [5.41, 5.74) is 0.340. The Hall–Kier alpha value is -1.96. The smallest absolute Gasteiger partial charge is 0.276 e. The summed E-state index contributed by atoms with van der Waals surface area (Å²) < 4.78 is 0. The van der Waals surface area contributed by atoms with Crippen molar-refractivity contribution in [3.63, 3.8) is 0 Å². The Labute approximate surface area is 142 Å². The fraction of sp³-hybridized carbons (Fsp3) is 0.750. The van der Waals surface area contributed by atoms with Gasteiger partial charge >= 0.3 is 0 Å². The van der Waals surface area contributed by atoms with E-state index < -0.39 is 0 Å². The van der Waals surface area contributed by atoms with E-state index in [-0.39, 0.29) is 11.8 Å². The van der Waals surface area contributed by atoms with Gasteiger partial charge in [-0.2, -0.15) is 15.4 Å². The van der Waals surface area contributed by atoms with E-state index in [1.807, 2.05) is 0 Å². The van der Waals surface area contributed by atoms with Gasteiger partial charge in [0.1, 0.15) is 0 Å². The van der Waals surface area contributed by atoms with Crippen molar-refractivity contribution in [2.75, 3.05) is 32.7 Å². The highest BCUT2D eigenvalue weighted by atomic mass is 16.2. The highest BCUT2D eigenvalue weighted by Gasteiger charge is 2.25. The van der Waals surface area contributed by atoms with Crippen molar-refractivity contribution in [1.82, 2.24) is 30.5 Å². The number of hydrogen-bond acceptors (Lipinski definition) is 5. The van der Waals surface area contributed by atoms with E-state index in [0.29, 0.717) is 44.5 Å². The van der Waals surface area contributed by atoms with Crippen LogP contribution in [0.5, 0.6) is 0 Å². The number of carbonyl (C=O) groups is 2. The van der Waals surface area contributed by atoms with Gasteiger partial charge in [0, 0.05) is 32.2 Å². The minimum atomic E-state index is -0.107. The van der Waals surface area contributed by atoms with Gasteiger partial charge < -0.3 is 10.2 Å². The maximum atomic E-state index is 12.2. The van der Waals surface area contributed by atoms with Crippen molar-refractivity contribution in [3.8, 4) is 0 Å². The first-order valence-corrected chi connectivity index (χ1v) is 8.78. The van der Waals surface area contributed by atoms with Gasteiger partial charge in [0.25, 0.3) is 5.91 Å². The van der Waals surface area contributed by atoms with Crippen LogP contribution in [-0.2, 0) is 4.79 Å². The van der Waals surface area contributed by atoms with Crippen molar-refractivity contribution in [2.45, 2.75) is 38.6 Å². The molecule has 0 unspecified atom stereocenters. The van der Waals surface area contributed by atoms with E-state index in [9.17, 15) is 9.59 Å². The molecule has 8 nitrogen and oxygen atoms in total. The maximum Gasteiger partial charge on any atom is 0.276 e. The zero-order valence-electron chi connectivity index (χ0n) is 14.2. The predicted octanol–water partition coefficient (Wildman–Crippen LogP) is 0.257. The molecule has 0 radical (unpaired) electrons. The fourth-order valence-electron chi connectivity index (χ4n) is 3.46. The molecule has 2 N–H and O–H groups in total. The molecule has 1 aromatic heterocycles. The van der Waals surface area contributed by atoms with Crippen molar-refractivity contribution in [2.24, 2.45) is 5.92 Å². The molecule has 132 valence electrons. The molecule has 24 heavy (non-hydrogen) atoms. The summed E-state index contributed by atoms with van der Waals surface area (Å²) in [4.78, 5) is 28.3. The van der Waals surface area contributed by atoms with Crippen LogP contribution < -0.4 is 5.32 Å². The lowest BCUT2D eigenvalue weighted by Crippen LogP contribution is -2.52. The third-order valence-electron chi connectivity index (χ3n) is 5.04. The Bertz CT molecular complexity index is 545. The number of aromatic amines is 1. The van der Waals surface area contributed by atoms with Gasteiger partial charge in [0.05, 0.1) is 12.7 Å². The molecule has 0 aromatic carbocycles. The monoisotopic (exact) mass is 334 g/mol. The molecule has 0 spiro atoms. The zero-order valence-corrected chi connectivity index (χ0v) is 14.2. The summed E-state index contributed by atoms with van der Waals surface area (Å²) in [6.45, 7) is 5.33. The van der Waals surface area contributed by atoms with Gasteiger partial charge in [-0.3, -0.25) is 14.5 Å². The molecule has 1 saturated heterocycles. The molecule has 0 bridgehead atoms. The van der Waals surface area contributed by atoms with Gasteiger partial charge in [-0.05, 0) is 31.6 Å². The highest BCUT2D eigenvalue weighted by Crippen LogP contribution is 2.23. The standard InChI is InChI=1S/C16H26N6O2/c1-12-2-4-13(5-3-12)18-15(23)11-21-6-8-22(9-7-21)16(24)14-10-17-20-19-14/h10,12-13H,2-9,11H2,1H3,(H,18,23)(H,17,19,20). The average molecular weight is 334 g/mol. The fourth-order valence-corrected chi connectivity index (χ4v) is 3.46. The number of hydrogen-bond donors (Lipinski definition) is 2. The van der Waals surface area contributed by atoms with Crippen LogP contribution >= 0.6 is 0 Å². The lowest BCUT2D eigenvalue weighted by molar-refractivity contribution is -0.123. The third kappa shape index (κ3) is 4.31. The van der Waals surface area contributed by atoms with Crippen LogP contribution in [0.1, 0.15) is 43.1 Å². The number of amides is 2. The number of carbonyl (C=O) groups excluding carboxylic acids is 2. The molecule has 1 aromatic rings. The van der Waals surface area contributed by atoms with Gasteiger partial charge in [-0.15, -0.1) is 0 Å². The first-order valence-electron chi connectivity index (χ1n) is 8.78. The Morgan fingerprint density at radius 2 is 1.92 bits per heavy atom. The highest BCUT2D eigenvalue weighted by molar-refractivity contribution is 5.92. The van der Waals surface area contributed by atoms with E-state index in [2.05, 4.69) is 32.6 Å². The van der Waals surface area contributed by atoms with Gasteiger partial charge in [-0.1, -0.05) is 6.92 Å². The topological polar surface area (TPSA) is 94.2 Å². The number of nitrogens with one attached hydrogen (secondary N) is 2. The molecule has 2 amide bonds. The molecule has 2 fully saturated rings. The summed E-state index contributed by atoms with van der Waals surface area (Å²) >= 11 is 0. The first-order chi connectivity index (χ1) is 11.6. The quantitative estimate of drug-likeness (QED) is 0.823. The minimum Gasteiger partial charge on any atom is -0.352 e. The van der Waals surface area contributed by atoms with Gasteiger partial charge in [0.15, 0.2) is 5.69 Å². The zero-order chi connectivity index (χ0) is 16.9. The molecule has 2 aliphatic rings. The van der Waals surface area contributed by atoms with Crippen LogP contribution in [0.25, 0.3) is 0 Å². The molecular weight excluding hydrogens is 308 g/mol. The summed E-state index contributed by atoms with van der Waals surface area (Å²) in [5.74, 6) is 0.781. The van der Waals surface area contributed by atoms with Crippen molar-refractivity contribution in [1.29, 1.82) is 0 Å². The number of piperazine rings is 1. The molecule has 1 saturated carbocycles. The second kappa shape index (κ2) is 7.74. The molecular formula is C16H26N6O2. The van der Waals surface area contributed by atoms with Crippen molar-refractivity contribution in [3.05, 3.63) is 11.9 Å². The van der Waals surface area contributed by atoms with Crippen molar-refractivity contribution < 1.29 is 9.59 Å². The molecule has 2 heterocycles. The lowest BCUT2D eigenvalue weighted by Gasteiger charge is -2.34. The molecule has 0 atom stereocenters. The van der Waals surface area contributed by atoms with E-state index in [1.54, 1.807) is 4.90 Å². The van der Waals surface area contributed by atoms with Crippen LogP contribution in [0.15, 0.2) is 6.20 Å². The van der Waals surface area contributed by atoms with Crippen LogP contribution in [0.2, 0.25) is 0 Å². The lowest BCUT2D eigenvalue weighted by atomic mass is 9.87. The molecule has 1 aliphatic heterocycles. The number of H-pyrrole nitrogens is 1. The van der Waals surface area contributed by atoms with Crippen LogP contribution in [0, 0.1) is 5.92 Å². The van der Waals surface area contributed by atoms with E-state index in [1.165, 1.54) is 19.0 Å². The first kappa shape index (κ1) is 16.9. The van der Waals surface area contributed by atoms with Gasteiger partial charge in [-0.25, -0.2) is 0 Å².